The summed E-state index contributed by atoms with van der Waals surface area (Å²) >= 11 is 0. The number of hydrogen-bond acceptors (Lipinski definition) is 9. The highest BCUT2D eigenvalue weighted by Crippen LogP contribution is 2.25. The predicted octanol–water partition coefficient (Wildman–Crippen LogP) is 8.39. The van der Waals surface area contributed by atoms with E-state index >= 15 is 0 Å². The van der Waals surface area contributed by atoms with E-state index in [1.807, 2.05) is 0 Å². The number of unbranched alkanes of at least 4 members (excludes halogenated alkanes) is 18. The van der Waals surface area contributed by atoms with Crippen molar-refractivity contribution in [3.63, 3.8) is 0 Å². The van der Waals surface area contributed by atoms with Crippen LogP contribution in [0.1, 0.15) is 156 Å². The summed E-state index contributed by atoms with van der Waals surface area (Å²) in [5.41, 5.74) is 6.01. The van der Waals surface area contributed by atoms with E-state index in [1.165, 1.54) is 125 Å². The Balaban J connectivity index is 4.27. The van der Waals surface area contributed by atoms with E-state index < -0.39 is 35.8 Å². The highest BCUT2D eigenvalue weighted by Gasteiger charge is 2.32. The van der Waals surface area contributed by atoms with E-state index in [1.54, 1.807) is 0 Å². The largest absolute Gasteiger partial charge is 0.465 e. The second-order valence-corrected chi connectivity index (χ2v) is 14.4. The molecule has 10 heteroatoms. The Morgan fingerprint density at radius 1 is 0.545 bits per heavy atom. The molecule has 0 aromatic carbocycles. The lowest BCUT2D eigenvalue weighted by Gasteiger charge is -2.26. The fraction of sp³-hybridized carbons (Fsp3) is 0.882. The smallest absolute Gasteiger partial charge is 0.330 e. The number of ether oxygens (including phenoxy) is 2. The van der Waals surface area contributed by atoms with Gasteiger partial charge in [0, 0.05) is 25.4 Å². The van der Waals surface area contributed by atoms with E-state index in [4.69, 9.17) is 15.2 Å². The molecule has 0 bridgehead atoms. The van der Waals surface area contributed by atoms with Crippen LogP contribution in [0.15, 0.2) is 0 Å². The van der Waals surface area contributed by atoms with Crippen molar-refractivity contribution in [3.8, 4) is 0 Å². The van der Waals surface area contributed by atoms with Gasteiger partial charge in [-0.2, -0.15) is 0 Å². The standard InChI is InChI=1S/C34H64N2O6S2/c1-5-7-9-11-13-15-17-19-21-23-25-41-33(39)31(35)27-43-44-28-32(36(29(3)37)30(4)38)34(40)42-26-24-22-20-18-16-14-12-10-8-6-2/h31-32H,5-28,35H2,1-4H3/t31-,32-/m0/s1. The topological polar surface area (TPSA) is 116 Å². The Hall–Kier alpha value is -1.26. The van der Waals surface area contributed by atoms with Crippen molar-refractivity contribution >= 4 is 45.3 Å². The van der Waals surface area contributed by atoms with E-state index in [0.29, 0.717) is 12.4 Å². The van der Waals surface area contributed by atoms with Crippen LogP contribution in [0.25, 0.3) is 0 Å². The third kappa shape index (κ3) is 24.0. The number of carbonyl (C=O) groups excluding carboxylic acids is 4. The van der Waals surface area contributed by atoms with Crippen LogP contribution in [-0.4, -0.2) is 65.5 Å². The Morgan fingerprint density at radius 2 is 0.886 bits per heavy atom. The maximum absolute atomic E-state index is 12.9. The molecule has 0 radical (unpaired) electrons. The van der Waals surface area contributed by atoms with Crippen molar-refractivity contribution < 1.29 is 28.7 Å². The Morgan fingerprint density at radius 3 is 1.27 bits per heavy atom. The minimum absolute atomic E-state index is 0.154. The van der Waals surface area contributed by atoms with Crippen LogP contribution in [0.3, 0.4) is 0 Å². The van der Waals surface area contributed by atoms with Gasteiger partial charge >= 0.3 is 11.9 Å². The third-order valence-electron chi connectivity index (χ3n) is 7.61. The van der Waals surface area contributed by atoms with Crippen molar-refractivity contribution in [2.45, 2.75) is 168 Å². The summed E-state index contributed by atoms with van der Waals surface area (Å²) in [6, 6.07) is -1.81. The molecule has 0 spiro atoms. The molecule has 0 aliphatic carbocycles. The van der Waals surface area contributed by atoms with Crippen LogP contribution in [0.2, 0.25) is 0 Å². The molecule has 2 atom stereocenters. The number of amides is 2. The maximum atomic E-state index is 12.9. The number of nitrogens with zero attached hydrogens (tertiary/aromatic N) is 1. The zero-order chi connectivity index (χ0) is 32.8. The molecule has 0 unspecified atom stereocenters. The zero-order valence-corrected chi connectivity index (χ0v) is 30.0. The van der Waals surface area contributed by atoms with Crippen molar-refractivity contribution in [1.29, 1.82) is 0 Å². The lowest BCUT2D eigenvalue weighted by atomic mass is 10.1. The second kappa shape index (κ2) is 30.4. The molecular weight excluding hydrogens is 597 g/mol. The van der Waals surface area contributed by atoms with Crippen molar-refractivity contribution in [2.24, 2.45) is 5.73 Å². The van der Waals surface area contributed by atoms with E-state index in [0.717, 1.165) is 43.4 Å². The third-order valence-corrected chi connectivity index (χ3v) is 10.0. The van der Waals surface area contributed by atoms with Crippen LogP contribution < -0.4 is 5.73 Å². The van der Waals surface area contributed by atoms with Gasteiger partial charge in [0.15, 0.2) is 0 Å². The van der Waals surface area contributed by atoms with Crippen molar-refractivity contribution in [3.05, 3.63) is 0 Å². The monoisotopic (exact) mass is 660 g/mol. The molecule has 258 valence electrons. The van der Waals surface area contributed by atoms with E-state index in [-0.39, 0.29) is 12.4 Å². The van der Waals surface area contributed by atoms with Crippen molar-refractivity contribution in [1.82, 2.24) is 4.90 Å². The summed E-state index contributed by atoms with van der Waals surface area (Å²) in [6.07, 6.45) is 23.9. The SMILES string of the molecule is CCCCCCCCCCCCOC(=O)[C@@H](N)CSSC[C@@H](C(=O)OCCCCCCCCCCCC)N(C(C)=O)C(C)=O. The molecular formula is C34H64N2O6S2. The Kier molecular flexibility index (Phi) is 29.5. The number of carbonyl (C=O) groups is 4. The van der Waals surface area contributed by atoms with E-state index in [2.05, 4.69) is 13.8 Å². The lowest BCUT2D eigenvalue weighted by Crippen LogP contribution is -2.49. The average Bonchev–Trinajstić information content (AvgIpc) is 2.99. The lowest BCUT2D eigenvalue weighted by molar-refractivity contribution is -0.159. The zero-order valence-electron chi connectivity index (χ0n) is 28.4. The van der Waals surface area contributed by atoms with E-state index in [9.17, 15) is 19.2 Å². The van der Waals surface area contributed by atoms with Gasteiger partial charge in [-0.1, -0.05) is 151 Å². The maximum Gasteiger partial charge on any atom is 0.330 e. The minimum atomic E-state index is -1.02. The summed E-state index contributed by atoms with van der Waals surface area (Å²) in [5.74, 6) is -1.58. The number of esters is 2. The van der Waals surface area contributed by atoms with Gasteiger partial charge in [0.1, 0.15) is 12.1 Å². The van der Waals surface area contributed by atoms with Crippen LogP contribution in [-0.2, 0) is 28.7 Å². The first-order valence-electron chi connectivity index (χ1n) is 17.4. The first-order chi connectivity index (χ1) is 21.3. The first kappa shape index (κ1) is 42.7. The van der Waals surface area contributed by atoms with Gasteiger partial charge in [-0.25, -0.2) is 4.79 Å². The molecule has 8 nitrogen and oxygen atoms in total. The fourth-order valence-electron chi connectivity index (χ4n) is 4.94. The molecule has 0 fully saturated rings. The molecule has 0 heterocycles. The number of rotatable bonds is 30. The van der Waals surface area contributed by atoms with Gasteiger partial charge in [0.05, 0.1) is 13.2 Å². The van der Waals surface area contributed by atoms with Crippen LogP contribution in [0, 0.1) is 0 Å². The fourth-order valence-corrected chi connectivity index (χ4v) is 7.23. The normalized spacial score (nSPS) is 12.5. The van der Waals surface area contributed by atoms with Gasteiger partial charge in [0.2, 0.25) is 11.8 Å². The molecule has 0 aromatic heterocycles. The van der Waals surface area contributed by atoms with Gasteiger partial charge in [-0.3, -0.25) is 19.3 Å². The highest BCUT2D eigenvalue weighted by atomic mass is 33.1. The average molecular weight is 661 g/mol. The van der Waals surface area contributed by atoms with Gasteiger partial charge < -0.3 is 15.2 Å². The predicted molar refractivity (Wildman–Crippen MR) is 185 cm³/mol. The van der Waals surface area contributed by atoms with Crippen LogP contribution in [0.5, 0.6) is 0 Å². The molecule has 0 saturated carbocycles. The molecule has 2 N–H and O–H groups in total. The summed E-state index contributed by atoms with van der Waals surface area (Å²) in [7, 11) is 2.60. The van der Waals surface area contributed by atoms with Gasteiger partial charge in [0.25, 0.3) is 0 Å². The van der Waals surface area contributed by atoms with Crippen LogP contribution in [0.4, 0.5) is 0 Å². The molecule has 0 saturated heterocycles. The second-order valence-electron chi connectivity index (χ2n) is 11.8. The summed E-state index contributed by atoms with van der Waals surface area (Å²) in [4.78, 5) is 50.4. The molecule has 0 rings (SSSR count). The Labute approximate surface area is 276 Å². The summed E-state index contributed by atoms with van der Waals surface area (Å²) in [5, 5.41) is 0. The molecule has 0 aliphatic rings. The number of hydrogen-bond donors (Lipinski definition) is 1. The molecule has 44 heavy (non-hydrogen) atoms. The first-order valence-corrected chi connectivity index (χ1v) is 19.9. The van der Waals surface area contributed by atoms with Crippen molar-refractivity contribution in [2.75, 3.05) is 24.7 Å². The highest BCUT2D eigenvalue weighted by molar-refractivity contribution is 8.76. The van der Waals surface area contributed by atoms with Crippen LogP contribution >= 0.6 is 21.6 Å². The summed E-state index contributed by atoms with van der Waals surface area (Å²) in [6.45, 7) is 7.63. The molecule has 0 aromatic rings. The Bertz CT molecular complexity index is 741. The quantitative estimate of drug-likeness (QED) is 0.0461. The summed E-state index contributed by atoms with van der Waals surface area (Å²) < 4.78 is 10.8. The number of imide groups is 1. The molecule has 0 aliphatic heterocycles. The minimum Gasteiger partial charge on any atom is -0.465 e. The van der Waals surface area contributed by atoms with Gasteiger partial charge in [-0.05, 0) is 12.8 Å². The number of nitrogens with two attached hydrogens (primary N) is 1. The molecule has 2 amide bonds. The van der Waals surface area contributed by atoms with Gasteiger partial charge in [-0.15, -0.1) is 0 Å².